The fraction of sp³-hybridized carbons (Fsp3) is 0.760. The fourth-order valence-electron chi connectivity index (χ4n) is 2.96. The molecule has 4 heteroatoms. The monoisotopic (exact) mass is 408 g/mol. The molecule has 0 saturated heterocycles. The van der Waals surface area contributed by atoms with Gasteiger partial charge in [0.05, 0.1) is 17.3 Å². The van der Waals surface area contributed by atoms with Crippen LogP contribution in [-0.2, 0) is 9.47 Å². The Morgan fingerprint density at radius 2 is 1.03 bits per heavy atom. The summed E-state index contributed by atoms with van der Waals surface area (Å²) in [5.74, 6) is 1.45. The van der Waals surface area contributed by atoms with Crippen LogP contribution in [0.4, 0.5) is 0 Å². The fourth-order valence-corrected chi connectivity index (χ4v) is 2.96. The summed E-state index contributed by atoms with van der Waals surface area (Å²) in [6.45, 7) is 26.6. The van der Waals surface area contributed by atoms with Crippen LogP contribution in [0.1, 0.15) is 102 Å². The van der Waals surface area contributed by atoms with Crippen molar-refractivity contribution >= 4 is 0 Å². The van der Waals surface area contributed by atoms with Crippen molar-refractivity contribution in [2.24, 2.45) is 0 Å². The van der Waals surface area contributed by atoms with Crippen molar-refractivity contribution in [2.45, 2.75) is 125 Å². The van der Waals surface area contributed by atoms with Crippen LogP contribution in [0.3, 0.4) is 0 Å². The number of rotatable bonds is 6. The predicted molar refractivity (Wildman–Crippen MR) is 121 cm³/mol. The van der Waals surface area contributed by atoms with E-state index >= 15 is 0 Å². The lowest BCUT2D eigenvalue weighted by Gasteiger charge is -2.36. The van der Waals surface area contributed by atoms with E-state index in [0.29, 0.717) is 0 Å². The molecule has 1 rings (SSSR count). The van der Waals surface area contributed by atoms with E-state index < -0.39 is 0 Å². The quantitative estimate of drug-likeness (QED) is 0.503. The SMILES string of the molecule is C[C@H](OC(C)(C)C)[C@H](OC(C)(C)C)c1ccc(OC(C)(C)C)c(OC(C)(C)C)c1. The summed E-state index contributed by atoms with van der Waals surface area (Å²) in [6.07, 6.45) is -0.369. The zero-order valence-corrected chi connectivity index (χ0v) is 21.0. The third kappa shape index (κ3) is 10.4. The molecular formula is C25H44O4. The minimum absolute atomic E-state index is 0.133. The lowest BCUT2D eigenvalue weighted by molar-refractivity contribution is -0.159. The highest BCUT2D eigenvalue weighted by Gasteiger charge is 2.31. The molecule has 168 valence electrons. The topological polar surface area (TPSA) is 36.9 Å². The van der Waals surface area contributed by atoms with E-state index in [9.17, 15) is 0 Å². The normalized spacial score (nSPS) is 15.8. The Morgan fingerprint density at radius 3 is 1.45 bits per heavy atom. The maximum atomic E-state index is 6.44. The lowest BCUT2D eigenvalue weighted by Crippen LogP contribution is -2.35. The Bertz CT molecular complexity index is 651. The zero-order chi connectivity index (χ0) is 22.8. The average Bonchev–Trinajstić information content (AvgIpc) is 2.41. The first-order chi connectivity index (χ1) is 12.8. The molecule has 0 aromatic heterocycles. The van der Waals surface area contributed by atoms with Gasteiger partial charge in [-0.1, -0.05) is 6.07 Å². The van der Waals surface area contributed by atoms with Gasteiger partial charge in [0.15, 0.2) is 11.5 Å². The number of benzene rings is 1. The molecule has 0 aliphatic heterocycles. The van der Waals surface area contributed by atoms with Crippen molar-refractivity contribution in [2.75, 3.05) is 0 Å². The Morgan fingerprint density at radius 1 is 0.586 bits per heavy atom. The van der Waals surface area contributed by atoms with E-state index in [-0.39, 0.29) is 34.6 Å². The van der Waals surface area contributed by atoms with Gasteiger partial charge in [0.1, 0.15) is 17.3 Å². The second-order valence-corrected chi connectivity index (χ2v) is 11.7. The summed E-state index contributed by atoms with van der Waals surface area (Å²) >= 11 is 0. The van der Waals surface area contributed by atoms with E-state index in [4.69, 9.17) is 18.9 Å². The van der Waals surface area contributed by atoms with E-state index in [0.717, 1.165) is 17.1 Å². The molecule has 0 bridgehead atoms. The molecule has 0 saturated carbocycles. The Hall–Kier alpha value is -1.26. The molecule has 1 aromatic rings. The van der Waals surface area contributed by atoms with Crippen molar-refractivity contribution in [3.63, 3.8) is 0 Å². The maximum absolute atomic E-state index is 6.44. The highest BCUT2D eigenvalue weighted by atomic mass is 16.6. The average molecular weight is 409 g/mol. The number of hydrogen-bond donors (Lipinski definition) is 0. The minimum Gasteiger partial charge on any atom is -0.484 e. The molecule has 0 N–H and O–H groups in total. The van der Waals surface area contributed by atoms with Gasteiger partial charge in [-0.3, -0.25) is 0 Å². The summed E-state index contributed by atoms with van der Waals surface area (Å²) in [4.78, 5) is 0. The van der Waals surface area contributed by atoms with Crippen LogP contribution in [-0.4, -0.2) is 28.5 Å². The van der Waals surface area contributed by atoms with E-state index in [1.54, 1.807) is 0 Å². The number of hydrogen-bond acceptors (Lipinski definition) is 4. The summed E-state index contributed by atoms with van der Waals surface area (Å²) in [7, 11) is 0. The van der Waals surface area contributed by atoms with Crippen molar-refractivity contribution in [3.8, 4) is 11.5 Å². The van der Waals surface area contributed by atoms with Crippen molar-refractivity contribution in [1.29, 1.82) is 0 Å². The molecular weight excluding hydrogens is 364 g/mol. The van der Waals surface area contributed by atoms with Crippen LogP contribution in [0.5, 0.6) is 11.5 Å². The molecule has 2 atom stereocenters. The van der Waals surface area contributed by atoms with Gasteiger partial charge in [-0.25, -0.2) is 0 Å². The van der Waals surface area contributed by atoms with E-state index in [1.807, 2.05) is 53.7 Å². The highest BCUT2D eigenvalue weighted by Crippen LogP contribution is 2.38. The van der Waals surface area contributed by atoms with E-state index in [1.165, 1.54) is 0 Å². The molecule has 0 radical (unpaired) electrons. The van der Waals surface area contributed by atoms with Gasteiger partial charge in [0.25, 0.3) is 0 Å². The third-order valence-corrected chi connectivity index (χ3v) is 3.57. The maximum Gasteiger partial charge on any atom is 0.162 e. The van der Waals surface area contributed by atoms with Gasteiger partial charge in [-0.2, -0.15) is 0 Å². The van der Waals surface area contributed by atoms with Crippen LogP contribution >= 0.6 is 0 Å². The first-order valence-corrected chi connectivity index (χ1v) is 10.6. The highest BCUT2D eigenvalue weighted by molar-refractivity contribution is 5.44. The number of ether oxygens (including phenoxy) is 4. The van der Waals surface area contributed by atoms with Crippen molar-refractivity contribution in [3.05, 3.63) is 23.8 Å². The van der Waals surface area contributed by atoms with Crippen molar-refractivity contribution < 1.29 is 18.9 Å². The van der Waals surface area contributed by atoms with Gasteiger partial charge >= 0.3 is 0 Å². The zero-order valence-electron chi connectivity index (χ0n) is 21.0. The molecule has 0 aliphatic carbocycles. The molecule has 0 unspecified atom stereocenters. The van der Waals surface area contributed by atoms with Gasteiger partial charge in [-0.15, -0.1) is 0 Å². The van der Waals surface area contributed by atoms with Crippen LogP contribution in [0.25, 0.3) is 0 Å². The summed E-state index contributed by atoms with van der Waals surface area (Å²) < 4.78 is 25.1. The molecule has 0 heterocycles. The van der Waals surface area contributed by atoms with Crippen LogP contribution in [0.2, 0.25) is 0 Å². The first kappa shape index (κ1) is 25.8. The molecule has 0 amide bonds. The van der Waals surface area contributed by atoms with Gasteiger partial charge in [0, 0.05) is 0 Å². The first-order valence-electron chi connectivity index (χ1n) is 10.6. The summed E-state index contributed by atoms with van der Waals surface area (Å²) in [5.41, 5.74) is -0.230. The molecule has 4 nitrogen and oxygen atoms in total. The molecule has 0 aliphatic rings. The van der Waals surface area contributed by atoms with Crippen LogP contribution in [0.15, 0.2) is 18.2 Å². The molecule has 0 fully saturated rings. The van der Waals surface area contributed by atoms with Gasteiger partial charge in [-0.05, 0) is 108 Å². The standard InChI is InChI=1S/C25H44O4/c1-17(26-22(2,3)4)21(29-25(11,12)13)18-14-15-19(27-23(5,6)7)20(16-18)28-24(8,9)10/h14-17,21H,1-13H3/t17-,21-/m0/s1. The Kier molecular flexibility index (Phi) is 7.87. The molecule has 29 heavy (non-hydrogen) atoms. The van der Waals surface area contributed by atoms with Gasteiger partial charge in [0.2, 0.25) is 0 Å². The predicted octanol–water partition coefficient (Wildman–Crippen LogP) is 7.10. The van der Waals surface area contributed by atoms with Gasteiger partial charge < -0.3 is 18.9 Å². The molecule has 1 aromatic carbocycles. The summed E-state index contributed by atoms with van der Waals surface area (Å²) in [5, 5.41) is 0. The second-order valence-electron chi connectivity index (χ2n) is 11.7. The van der Waals surface area contributed by atoms with E-state index in [2.05, 4.69) is 54.5 Å². The Labute approximate surface area is 179 Å². The van der Waals surface area contributed by atoms with Crippen LogP contribution < -0.4 is 9.47 Å². The summed E-state index contributed by atoms with van der Waals surface area (Å²) in [6, 6.07) is 6.06. The Balaban J connectivity index is 3.41. The second kappa shape index (κ2) is 8.85. The minimum atomic E-state index is -0.345. The lowest BCUT2D eigenvalue weighted by atomic mass is 10.0. The smallest absolute Gasteiger partial charge is 0.162 e. The largest absolute Gasteiger partial charge is 0.484 e. The van der Waals surface area contributed by atoms with Crippen LogP contribution in [0, 0.1) is 0 Å². The van der Waals surface area contributed by atoms with Crippen molar-refractivity contribution in [1.82, 2.24) is 0 Å². The molecule has 0 spiro atoms. The third-order valence-electron chi connectivity index (χ3n) is 3.57.